The fraction of sp³-hybridized carbons (Fsp3) is 0.0588. The number of H-pyrrole nitrogens is 1. The summed E-state index contributed by atoms with van der Waals surface area (Å²) in [7, 11) is 0. The molecule has 1 heterocycles. The Morgan fingerprint density at radius 1 is 1.24 bits per heavy atom. The molecule has 21 heavy (non-hydrogen) atoms. The minimum Gasteiger partial charge on any atom is -0.360 e. The van der Waals surface area contributed by atoms with Crippen LogP contribution < -0.4 is 5.32 Å². The van der Waals surface area contributed by atoms with Gasteiger partial charge < -0.3 is 10.3 Å². The van der Waals surface area contributed by atoms with Crippen LogP contribution in [0.2, 0.25) is 0 Å². The van der Waals surface area contributed by atoms with E-state index in [1.54, 1.807) is 18.3 Å². The van der Waals surface area contributed by atoms with E-state index >= 15 is 0 Å². The number of aromatic amines is 1. The van der Waals surface area contributed by atoms with Crippen molar-refractivity contribution in [3.8, 4) is 6.07 Å². The lowest BCUT2D eigenvalue weighted by atomic mass is 10.1. The van der Waals surface area contributed by atoms with Crippen LogP contribution in [-0.2, 0) is 0 Å². The van der Waals surface area contributed by atoms with Crippen LogP contribution in [0.4, 0.5) is 5.69 Å². The van der Waals surface area contributed by atoms with Gasteiger partial charge in [0.05, 0.1) is 17.2 Å². The highest BCUT2D eigenvalue weighted by Gasteiger charge is 2.13. The smallest absolute Gasteiger partial charge is 0.257 e. The quantitative estimate of drug-likeness (QED) is 0.750. The fourth-order valence-electron chi connectivity index (χ4n) is 2.28. The second kappa shape index (κ2) is 5.14. The molecule has 2 aromatic carbocycles. The molecule has 3 rings (SSSR count). The van der Waals surface area contributed by atoms with Gasteiger partial charge in [0.25, 0.3) is 5.91 Å². The van der Waals surface area contributed by atoms with Gasteiger partial charge in [0.2, 0.25) is 0 Å². The summed E-state index contributed by atoms with van der Waals surface area (Å²) in [5, 5.41) is 12.7. The summed E-state index contributed by atoms with van der Waals surface area (Å²) in [6, 6.07) is 15.0. The fourth-order valence-corrected chi connectivity index (χ4v) is 2.28. The second-order valence-electron chi connectivity index (χ2n) is 4.84. The van der Waals surface area contributed by atoms with Crippen molar-refractivity contribution in [1.29, 1.82) is 5.26 Å². The van der Waals surface area contributed by atoms with E-state index in [1.807, 2.05) is 37.3 Å². The van der Waals surface area contributed by atoms with Gasteiger partial charge in [-0.05, 0) is 30.7 Å². The topological polar surface area (TPSA) is 68.7 Å². The molecule has 0 radical (unpaired) electrons. The Balaban J connectivity index is 1.95. The number of hydrogen-bond acceptors (Lipinski definition) is 2. The first-order valence-electron chi connectivity index (χ1n) is 6.57. The minimum absolute atomic E-state index is 0.189. The van der Waals surface area contributed by atoms with Gasteiger partial charge in [0.1, 0.15) is 0 Å². The minimum atomic E-state index is -0.189. The van der Waals surface area contributed by atoms with Crippen LogP contribution in [0.15, 0.2) is 48.7 Å². The first-order valence-corrected chi connectivity index (χ1v) is 6.57. The zero-order valence-electron chi connectivity index (χ0n) is 11.5. The van der Waals surface area contributed by atoms with E-state index in [4.69, 9.17) is 5.26 Å². The molecule has 0 atom stereocenters. The summed E-state index contributed by atoms with van der Waals surface area (Å²) in [5.74, 6) is -0.189. The molecule has 0 aliphatic carbocycles. The van der Waals surface area contributed by atoms with Crippen molar-refractivity contribution in [2.24, 2.45) is 0 Å². The Morgan fingerprint density at radius 3 is 2.86 bits per heavy atom. The normalized spacial score (nSPS) is 10.3. The average Bonchev–Trinajstić information content (AvgIpc) is 2.93. The van der Waals surface area contributed by atoms with Gasteiger partial charge in [-0.25, -0.2) is 0 Å². The number of rotatable bonds is 2. The van der Waals surface area contributed by atoms with Crippen molar-refractivity contribution in [3.63, 3.8) is 0 Å². The number of anilines is 1. The van der Waals surface area contributed by atoms with E-state index in [1.165, 1.54) is 0 Å². The van der Waals surface area contributed by atoms with Gasteiger partial charge in [0, 0.05) is 22.8 Å². The molecular weight excluding hydrogens is 262 g/mol. The predicted octanol–water partition coefficient (Wildman–Crippen LogP) is 3.60. The van der Waals surface area contributed by atoms with E-state index in [9.17, 15) is 4.79 Å². The summed E-state index contributed by atoms with van der Waals surface area (Å²) < 4.78 is 0. The molecule has 0 saturated carbocycles. The molecular formula is C17H13N3O. The van der Waals surface area contributed by atoms with Crippen LogP contribution >= 0.6 is 0 Å². The molecule has 0 saturated heterocycles. The van der Waals surface area contributed by atoms with Crippen molar-refractivity contribution >= 4 is 22.5 Å². The van der Waals surface area contributed by atoms with E-state index < -0.39 is 0 Å². The number of benzene rings is 2. The van der Waals surface area contributed by atoms with E-state index in [-0.39, 0.29) is 5.91 Å². The lowest BCUT2D eigenvalue weighted by Gasteiger charge is -2.08. The maximum Gasteiger partial charge on any atom is 0.257 e. The molecule has 0 unspecified atom stereocenters. The van der Waals surface area contributed by atoms with Crippen LogP contribution in [0.1, 0.15) is 21.5 Å². The van der Waals surface area contributed by atoms with Crippen LogP contribution in [0.5, 0.6) is 0 Å². The monoisotopic (exact) mass is 275 g/mol. The van der Waals surface area contributed by atoms with Gasteiger partial charge in [-0.2, -0.15) is 5.26 Å². The van der Waals surface area contributed by atoms with Gasteiger partial charge >= 0.3 is 0 Å². The molecule has 0 spiro atoms. The number of nitriles is 1. The van der Waals surface area contributed by atoms with Crippen LogP contribution in [0.25, 0.3) is 10.9 Å². The first kappa shape index (κ1) is 12.9. The lowest BCUT2D eigenvalue weighted by Crippen LogP contribution is -2.12. The Bertz CT molecular complexity index is 871. The molecule has 0 aliphatic rings. The third-order valence-corrected chi connectivity index (χ3v) is 3.45. The summed E-state index contributed by atoms with van der Waals surface area (Å²) in [5.41, 5.74) is 3.61. The molecule has 4 nitrogen and oxygen atoms in total. The number of amides is 1. The number of carbonyl (C=O) groups excluding carboxylic acids is 1. The number of hydrogen-bond donors (Lipinski definition) is 2. The number of aryl methyl sites for hydroxylation is 1. The maximum atomic E-state index is 12.4. The highest BCUT2D eigenvalue weighted by Crippen LogP contribution is 2.21. The predicted molar refractivity (Wildman–Crippen MR) is 82.1 cm³/mol. The van der Waals surface area contributed by atoms with Gasteiger partial charge in [-0.3, -0.25) is 4.79 Å². The maximum absolute atomic E-state index is 12.4. The summed E-state index contributed by atoms with van der Waals surface area (Å²) in [6.45, 7) is 1.89. The number of carbonyl (C=O) groups is 1. The third kappa shape index (κ3) is 2.37. The number of nitrogens with one attached hydrogen (secondary N) is 2. The summed E-state index contributed by atoms with van der Waals surface area (Å²) in [6.07, 6.45) is 1.70. The van der Waals surface area contributed by atoms with E-state index in [0.29, 0.717) is 16.8 Å². The third-order valence-electron chi connectivity index (χ3n) is 3.45. The Hall–Kier alpha value is -3.06. The van der Waals surface area contributed by atoms with Crippen LogP contribution in [-0.4, -0.2) is 10.9 Å². The zero-order chi connectivity index (χ0) is 14.8. The molecule has 1 aromatic heterocycles. The van der Waals surface area contributed by atoms with E-state index in [2.05, 4.69) is 16.4 Å². The van der Waals surface area contributed by atoms with Gasteiger partial charge in [-0.1, -0.05) is 24.3 Å². The number of para-hydroxylation sites is 1. The average molecular weight is 275 g/mol. The van der Waals surface area contributed by atoms with Crippen molar-refractivity contribution < 1.29 is 4.79 Å². The Labute approximate surface area is 122 Å². The molecule has 0 aliphatic heterocycles. The van der Waals surface area contributed by atoms with Crippen molar-refractivity contribution in [2.75, 3.05) is 5.32 Å². The molecule has 4 heteroatoms. The molecule has 0 bridgehead atoms. The van der Waals surface area contributed by atoms with Crippen LogP contribution in [0, 0.1) is 18.3 Å². The molecule has 2 N–H and O–H groups in total. The van der Waals surface area contributed by atoms with Crippen molar-refractivity contribution in [2.45, 2.75) is 6.92 Å². The van der Waals surface area contributed by atoms with Gasteiger partial charge in [-0.15, -0.1) is 0 Å². The molecule has 102 valence electrons. The van der Waals surface area contributed by atoms with Crippen molar-refractivity contribution in [1.82, 2.24) is 4.98 Å². The van der Waals surface area contributed by atoms with Crippen molar-refractivity contribution in [3.05, 3.63) is 65.4 Å². The molecule has 0 fully saturated rings. The standard InChI is InChI=1S/C17H13N3O/c1-11-6-7-12(9-18)8-16(11)20-17(21)14-10-19-15-5-3-2-4-13(14)15/h2-8,10,19H,1H3,(H,20,21). The Morgan fingerprint density at radius 2 is 2.05 bits per heavy atom. The first-order chi connectivity index (χ1) is 10.2. The summed E-state index contributed by atoms with van der Waals surface area (Å²) in [4.78, 5) is 15.5. The summed E-state index contributed by atoms with van der Waals surface area (Å²) >= 11 is 0. The largest absolute Gasteiger partial charge is 0.360 e. The number of fused-ring (bicyclic) bond motifs is 1. The SMILES string of the molecule is Cc1ccc(C#N)cc1NC(=O)c1c[nH]c2ccccc12. The highest BCUT2D eigenvalue weighted by molar-refractivity contribution is 6.13. The molecule has 3 aromatic rings. The van der Waals surface area contributed by atoms with E-state index in [0.717, 1.165) is 16.5 Å². The number of nitrogens with zero attached hydrogens (tertiary/aromatic N) is 1. The van der Waals surface area contributed by atoms with Crippen LogP contribution in [0.3, 0.4) is 0 Å². The van der Waals surface area contributed by atoms with Gasteiger partial charge in [0.15, 0.2) is 0 Å². The zero-order valence-corrected chi connectivity index (χ0v) is 11.5. The lowest BCUT2D eigenvalue weighted by molar-refractivity contribution is 0.102. The Kier molecular flexibility index (Phi) is 3.17. The number of aromatic nitrogens is 1. The second-order valence-corrected chi connectivity index (χ2v) is 4.84. The molecule has 1 amide bonds. The highest BCUT2D eigenvalue weighted by atomic mass is 16.1.